The number of rotatable bonds is 9. The topological polar surface area (TPSA) is 79.9 Å². The Balaban J connectivity index is 1.88. The van der Waals surface area contributed by atoms with Crippen LogP contribution in [0.5, 0.6) is 0 Å². The van der Waals surface area contributed by atoms with Crippen LogP contribution in [-0.2, 0) is 20.9 Å². The highest BCUT2D eigenvalue weighted by molar-refractivity contribution is 5.86. The van der Waals surface area contributed by atoms with E-state index in [0.717, 1.165) is 25.1 Å². The lowest BCUT2D eigenvalue weighted by Crippen LogP contribution is -2.58. The summed E-state index contributed by atoms with van der Waals surface area (Å²) < 4.78 is 10.7. The zero-order valence-corrected chi connectivity index (χ0v) is 18.1. The van der Waals surface area contributed by atoms with E-state index in [1.165, 1.54) is 0 Å². The molecule has 0 radical (unpaired) electrons. The highest BCUT2D eigenvalue weighted by Crippen LogP contribution is 2.16. The van der Waals surface area contributed by atoms with E-state index in [0.29, 0.717) is 19.8 Å². The van der Waals surface area contributed by atoms with E-state index in [-0.39, 0.29) is 24.0 Å². The van der Waals surface area contributed by atoms with Gasteiger partial charge in [0.2, 0.25) is 5.91 Å². The van der Waals surface area contributed by atoms with Gasteiger partial charge in [0.15, 0.2) is 0 Å². The normalized spacial score (nSPS) is 17.2. The number of carbonyl (C=O) groups excluding carboxylic acids is 2. The van der Waals surface area contributed by atoms with Crippen LogP contribution < -0.4 is 10.6 Å². The van der Waals surface area contributed by atoms with Gasteiger partial charge in [-0.15, -0.1) is 0 Å². The lowest BCUT2D eigenvalue weighted by Gasteiger charge is -2.41. The Morgan fingerprint density at radius 1 is 1.21 bits per heavy atom. The molecule has 1 saturated heterocycles. The highest BCUT2D eigenvalue weighted by atomic mass is 16.5. The molecule has 0 saturated carbocycles. The van der Waals surface area contributed by atoms with Gasteiger partial charge >= 0.3 is 6.09 Å². The molecule has 1 aromatic rings. The average molecular weight is 406 g/mol. The molecule has 1 aliphatic heterocycles. The zero-order valence-electron chi connectivity index (χ0n) is 18.1. The van der Waals surface area contributed by atoms with Crippen molar-refractivity contribution in [3.8, 4) is 0 Å². The number of carbonyl (C=O) groups is 2. The summed E-state index contributed by atoms with van der Waals surface area (Å²) in [4.78, 5) is 27.4. The molecular weight excluding hydrogens is 370 g/mol. The number of ether oxygens (including phenoxy) is 2. The maximum Gasteiger partial charge on any atom is 0.408 e. The number of morpholine rings is 1. The Labute approximate surface area is 174 Å². The van der Waals surface area contributed by atoms with E-state index in [4.69, 9.17) is 9.47 Å². The van der Waals surface area contributed by atoms with Crippen molar-refractivity contribution in [3.63, 3.8) is 0 Å². The molecule has 0 aromatic heterocycles. The van der Waals surface area contributed by atoms with Crippen LogP contribution in [0.25, 0.3) is 0 Å². The first kappa shape index (κ1) is 23.2. The van der Waals surface area contributed by atoms with E-state index in [1.54, 1.807) is 0 Å². The standard InChI is InChI=1S/C22H35N3O4/c1-5-17(2)19(24-21(27)29-15-18-9-7-6-8-10-18)20(26)23-16-22(3,4)25-11-13-28-14-12-25/h6-10,17,19H,5,11-16H2,1-4H3,(H,23,26)(H,24,27)/t17-,19-/m0/s1. The molecule has 2 atom stereocenters. The maximum atomic E-state index is 12.9. The molecule has 1 heterocycles. The Bertz CT molecular complexity index is 645. The molecule has 2 rings (SSSR count). The second kappa shape index (κ2) is 11.2. The van der Waals surface area contributed by atoms with Crippen LogP contribution >= 0.6 is 0 Å². The minimum Gasteiger partial charge on any atom is -0.445 e. The van der Waals surface area contributed by atoms with E-state index < -0.39 is 12.1 Å². The summed E-state index contributed by atoms with van der Waals surface area (Å²) in [6.07, 6.45) is 0.186. The van der Waals surface area contributed by atoms with Crippen molar-refractivity contribution >= 4 is 12.0 Å². The van der Waals surface area contributed by atoms with Crippen molar-refractivity contribution in [2.75, 3.05) is 32.8 Å². The molecule has 1 aliphatic rings. The van der Waals surface area contributed by atoms with Gasteiger partial charge in [0, 0.05) is 25.2 Å². The maximum absolute atomic E-state index is 12.9. The number of benzene rings is 1. The number of alkyl carbamates (subject to hydrolysis) is 1. The molecule has 29 heavy (non-hydrogen) atoms. The first-order valence-corrected chi connectivity index (χ1v) is 10.4. The lowest BCUT2D eigenvalue weighted by atomic mass is 9.97. The number of nitrogens with one attached hydrogen (secondary N) is 2. The summed E-state index contributed by atoms with van der Waals surface area (Å²) in [6, 6.07) is 8.83. The summed E-state index contributed by atoms with van der Waals surface area (Å²) in [7, 11) is 0. The third-order valence-electron chi connectivity index (χ3n) is 5.54. The summed E-state index contributed by atoms with van der Waals surface area (Å²) in [5, 5.41) is 5.77. The minimum absolute atomic E-state index is 0.00854. The van der Waals surface area contributed by atoms with Crippen molar-refractivity contribution in [3.05, 3.63) is 35.9 Å². The largest absolute Gasteiger partial charge is 0.445 e. The van der Waals surface area contributed by atoms with Gasteiger partial charge in [0.05, 0.1) is 13.2 Å². The Kier molecular flexibility index (Phi) is 8.92. The van der Waals surface area contributed by atoms with E-state index >= 15 is 0 Å². The molecule has 2 amide bonds. The van der Waals surface area contributed by atoms with Gasteiger partial charge in [-0.1, -0.05) is 50.6 Å². The molecule has 7 nitrogen and oxygen atoms in total. The fourth-order valence-corrected chi connectivity index (χ4v) is 3.29. The molecule has 162 valence electrons. The van der Waals surface area contributed by atoms with Crippen LogP contribution in [-0.4, -0.2) is 61.3 Å². The Hall–Kier alpha value is -2.12. The minimum atomic E-state index is -0.635. The first-order chi connectivity index (χ1) is 13.8. The first-order valence-electron chi connectivity index (χ1n) is 10.4. The van der Waals surface area contributed by atoms with Gasteiger partial charge in [-0.05, 0) is 25.3 Å². The SMILES string of the molecule is CC[C@H](C)[C@H](NC(=O)OCc1ccccc1)C(=O)NCC(C)(C)N1CCOCC1. The number of hydrogen-bond donors (Lipinski definition) is 2. The molecule has 1 aromatic carbocycles. The fraction of sp³-hybridized carbons (Fsp3) is 0.636. The van der Waals surface area contributed by atoms with Crippen LogP contribution in [0.2, 0.25) is 0 Å². The molecule has 2 N–H and O–H groups in total. The third-order valence-corrected chi connectivity index (χ3v) is 5.54. The number of amides is 2. The van der Waals surface area contributed by atoms with E-state index in [1.807, 2.05) is 44.2 Å². The molecule has 1 fully saturated rings. The Morgan fingerprint density at radius 2 is 1.86 bits per heavy atom. The smallest absolute Gasteiger partial charge is 0.408 e. The molecule has 0 aliphatic carbocycles. The van der Waals surface area contributed by atoms with E-state index in [2.05, 4.69) is 29.4 Å². The molecule has 0 spiro atoms. The van der Waals surface area contributed by atoms with Crippen LogP contribution in [0, 0.1) is 5.92 Å². The summed E-state index contributed by atoms with van der Waals surface area (Å²) in [5.41, 5.74) is 0.715. The van der Waals surface area contributed by atoms with Crippen LogP contribution in [0.4, 0.5) is 4.79 Å². The molecule has 0 bridgehead atoms. The predicted octanol–water partition coefficient (Wildman–Crippen LogP) is 2.55. The van der Waals surface area contributed by atoms with E-state index in [9.17, 15) is 9.59 Å². The van der Waals surface area contributed by atoms with Gasteiger partial charge in [0.25, 0.3) is 0 Å². The second-order valence-corrected chi connectivity index (χ2v) is 8.20. The van der Waals surface area contributed by atoms with Gasteiger partial charge in [0.1, 0.15) is 12.6 Å². The zero-order chi connectivity index (χ0) is 21.3. The van der Waals surface area contributed by atoms with Gasteiger partial charge in [-0.3, -0.25) is 9.69 Å². The molecule has 7 heteroatoms. The molecular formula is C22H35N3O4. The van der Waals surface area contributed by atoms with Crippen LogP contribution in [0.1, 0.15) is 39.7 Å². The van der Waals surface area contributed by atoms with Crippen molar-refractivity contribution in [2.45, 2.75) is 52.3 Å². The number of hydrogen-bond acceptors (Lipinski definition) is 5. The Morgan fingerprint density at radius 3 is 2.48 bits per heavy atom. The van der Waals surface area contributed by atoms with Crippen LogP contribution in [0.15, 0.2) is 30.3 Å². The van der Waals surface area contributed by atoms with Crippen molar-refractivity contribution in [1.29, 1.82) is 0 Å². The number of nitrogens with zero attached hydrogens (tertiary/aromatic N) is 1. The van der Waals surface area contributed by atoms with Crippen molar-refractivity contribution in [2.24, 2.45) is 5.92 Å². The monoisotopic (exact) mass is 405 g/mol. The lowest BCUT2D eigenvalue weighted by molar-refractivity contribution is -0.125. The third kappa shape index (κ3) is 7.33. The molecule has 0 unspecified atom stereocenters. The second-order valence-electron chi connectivity index (χ2n) is 8.20. The van der Waals surface area contributed by atoms with Crippen molar-refractivity contribution in [1.82, 2.24) is 15.5 Å². The van der Waals surface area contributed by atoms with Crippen LogP contribution in [0.3, 0.4) is 0 Å². The fourth-order valence-electron chi connectivity index (χ4n) is 3.29. The summed E-state index contributed by atoms with van der Waals surface area (Å²) in [6.45, 7) is 12.0. The van der Waals surface area contributed by atoms with Gasteiger partial charge < -0.3 is 20.1 Å². The van der Waals surface area contributed by atoms with Crippen molar-refractivity contribution < 1.29 is 19.1 Å². The average Bonchev–Trinajstić information content (AvgIpc) is 2.75. The summed E-state index contributed by atoms with van der Waals surface area (Å²) >= 11 is 0. The summed E-state index contributed by atoms with van der Waals surface area (Å²) in [5.74, 6) is -0.192. The predicted molar refractivity (Wildman–Crippen MR) is 112 cm³/mol. The van der Waals surface area contributed by atoms with Gasteiger partial charge in [-0.25, -0.2) is 4.79 Å². The van der Waals surface area contributed by atoms with Gasteiger partial charge in [-0.2, -0.15) is 0 Å². The highest BCUT2D eigenvalue weighted by Gasteiger charge is 2.31. The quantitative estimate of drug-likeness (QED) is 0.660.